The number of rotatable bonds is 5. The number of hydrogen-bond donors (Lipinski definition) is 1. The third-order valence-corrected chi connectivity index (χ3v) is 4.77. The topological polar surface area (TPSA) is 61.4 Å². The van der Waals surface area contributed by atoms with Gasteiger partial charge in [-0.3, -0.25) is 4.79 Å². The largest absolute Gasteiger partial charge is 0.350 e. The Balaban J connectivity index is 1.57. The molecule has 0 saturated carbocycles. The number of carbonyl (C=O) groups is 1. The van der Waals surface area contributed by atoms with E-state index in [1.54, 1.807) is 12.4 Å². The molecule has 0 unspecified atom stereocenters. The summed E-state index contributed by atoms with van der Waals surface area (Å²) in [6, 6.07) is 7.62. The van der Waals surface area contributed by atoms with Gasteiger partial charge in [-0.2, -0.15) is 0 Å². The molecular formula is C18H22ClN5O. The predicted molar refractivity (Wildman–Crippen MR) is 98.8 cm³/mol. The highest BCUT2D eigenvalue weighted by Gasteiger charge is 2.21. The van der Waals surface area contributed by atoms with Gasteiger partial charge in [0.1, 0.15) is 0 Å². The van der Waals surface area contributed by atoms with Crippen molar-refractivity contribution in [3.8, 4) is 0 Å². The molecule has 7 heteroatoms. The molecule has 2 aromatic rings. The van der Waals surface area contributed by atoms with E-state index in [0.717, 1.165) is 38.3 Å². The van der Waals surface area contributed by atoms with Crippen LogP contribution in [0, 0.1) is 0 Å². The van der Waals surface area contributed by atoms with Crippen molar-refractivity contribution in [2.24, 2.45) is 0 Å². The summed E-state index contributed by atoms with van der Waals surface area (Å²) >= 11 is 6.13. The Morgan fingerprint density at radius 3 is 2.48 bits per heavy atom. The summed E-state index contributed by atoms with van der Waals surface area (Å²) in [5.41, 5.74) is 1.50. The number of benzene rings is 1. The fourth-order valence-electron chi connectivity index (χ4n) is 2.80. The maximum atomic E-state index is 12.5. The van der Waals surface area contributed by atoms with Gasteiger partial charge in [0.2, 0.25) is 5.95 Å². The molecule has 2 heterocycles. The standard InChI is InChI=1S/C18H22ClN5O/c1-2-23-7-9-24(10-8-23)17(25)15-12-21-18(22-13-15)20-11-14-5-3-4-6-16(14)19/h3-6,12-13H,2,7-11H2,1H3,(H,20,21,22). The summed E-state index contributed by atoms with van der Waals surface area (Å²) in [5, 5.41) is 3.82. The lowest BCUT2D eigenvalue weighted by molar-refractivity contribution is 0.0642. The molecular weight excluding hydrogens is 338 g/mol. The van der Waals surface area contributed by atoms with E-state index in [1.807, 2.05) is 29.2 Å². The van der Waals surface area contributed by atoms with E-state index < -0.39 is 0 Å². The monoisotopic (exact) mass is 359 g/mol. The van der Waals surface area contributed by atoms with E-state index in [1.165, 1.54) is 0 Å². The van der Waals surface area contributed by atoms with Crippen LogP contribution in [0.3, 0.4) is 0 Å². The zero-order valence-corrected chi connectivity index (χ0v) is 15.0. The van der Waals surface area contributed by atoms with E-state index in [0.29, 0.717) is 23.1 Å². The van der Waals surface area contributed by atoms with Crippen molar-refractivity contribution >= 4 is 23.5 Å². The second-order valence-electron chi connectivity index (χ2n) is 5.97. The number of nitrogens with one attached hydrogen (secondary N) is 1. The summed E-state index contributed by atoms with van der Waals surface area (Å²) in [6.07, 6.45) is 3.16. The summed E-state index contributed by atoms with van der Waals surface area (Å²) in [7, 11) is 0. The average molecular weight is 360 g/mol. The lowest BCUT2D eigenvalue weighted by atomic mass is 10.2. The van der Waals surface area contributed by atoms with E-state index in [4.69, 9.17) is 11.6 Å². The van der Waals surface area contributed by atoms with Gasteiger partial charge in [-0.25, -0.2) is 9.97 Å². The lowest BCUT2D eigenvalue weighted by Crippen LogP contribution is -2.48. The van der Waals surface area contributed by atoms with Crippen molar-refractivity contribution in [2.75, 3.05) is 38.0 Å². The van der Waals surface area contributed by atoms with Crippen LogP contribution in [0.2, 0.25) is 5.02 Å². The SMILES string of the molecule is CCN1CCN(C(=O)c2cnc(NCc3ccccc3Cl)nc2)CC1. The van der Waals surface area contributed by atoms with Crippen molar-refractivity contribution < 1.29 is 4.79 Å². The van der Waals surface area contributed by atoms with Gasteiger partial charge in [0.15, 0.2) is 0 Å². The molecule has 132 valence electrons. The van der Waals surface area contributed by atoms with E-state index in [9.17, 15) is 4.79 Å². The lowest BCUT2D eigenvalue weighted by Gasteiger charge is -2.33. The Labute approximate surface area is 152 Å². The predicted octanol–water partition coefficient (Wildman–Crippen LogP) is 2.52. The molecule has 1 aromatic heterocycles. The van der Waals surface area contributed by atoms with Gasteiger partial charge in [0.05, 0.1) is 5.56 Å². The number of halogens is 1. The van der Waals surface area contributed by atoms with Crippen molar-refractivity contribution in [1.29, 1.82) is 0 Å². The van der Waals surface area contributed by atoms with Gasteiger partial charge in [-0.15, -0.1) is 0 Å². The minimum atomic E-state index is -0.00610. The zero-order valence-electron chi connectivity index (χ0n) is 14.3. The number of hydrogen-bond acceptors (Lipinski definition) is 5. The Kier molecular flexibility index (Phi) is 5.83. The van der Waals surface area contributed by atoms with Gasteiger partial charge in [0, 0.05) is 50.1 Å². The Bertz CT molecular complexity index is 714. The molecule has 1 saturated heterocycles. The number of aromatic nitrogens is 2. The molecule has 1 aliphatic rings. The summed E-state index contributed by atoms with van der Waals surface area (Å²) in [4.78, 5) is 25.2. The molecule has 1 fully saturated rings. The maximum Gasteiger partial charge on any atom is 0.257 e. The van der Waals surface area contributed by atoms with Gasteiger partial charge in [0.25, 0.3) is 5.91 Å². The van der Waals surface area contributed by atoms with Crippen LogP contribution in [0.15, 0.2) is 36.7 Å². The number of piperazine rings is 1. The number of carbonyl (C=O) groups excluding carboxylic acids is 1. The highest BCUT2D eigenvalue weighted by atomic mass is 35.5. The molecule has 0 radical (unpaired) electrons. The highest BCUT2D eigenvalue weighted by molar-refractivity contribution is 6.31. The first-order valence-electron chi connectivity index (χ1n) is 8.48. The average Bonchev–Trinajstić information content (AvgIpc) is 2.67. The normalized spacial score (nSPS) is 15.2. The first kappa shape index (κ1) is 17.6. The number of amides is 1. The number of likely N-dealkylation sites (N-methyl/N-ethyl adjacent to an activating group) is 1. The zero-order chi connectivity index (χ0) is 17.6. The van der Waals surface area contributed by atoms with Crippen LogP contribution in [0.5, 0.6) is 0 Å². The van der Waals surface area contributed by atoms with Gasteiger partial charge < -0.3 is 15.1 Å². The molecule has 3 rings (SSSR count). The van der Waals surface area contributed by atoms with Crippen LogP contribution in [0.4, 0.5) is 5.95 Å². The minimum Gasteiger partial charge on any atom is -0.350 e. The highest BCUT2D eigenvalue weighted by Crippen LogP contribution is 2.16. The fourth-order valence-corrected chi connectivity index (χ4v) is 3.00. The van der Waals surface area contributed by atoms with Crippen molar-refractivity contribution in [3.05, 3.63) is 52.8 Å². The van der Waals surface area contributed by atoms with Crippen molar-refractivity contribution in [3.63, 3.8) is 0 Å². The van der Waals surface area contributed by atoms with Gasteiger partial charge in [-0.1, -0.05) is 36.7 Å². The van der Waals surface area contributed by atoms with Crippen LogP contribution < -0.4 is 5.32 Å². The molecule has 0 spiro atoms. The Morgan fingerprint density at radius 1 is 1.16 bits per heavy atom. The summed E-state index contributed by atoms with van der Waals surface area (Å²) in [5.74, 6) is 0.473. The fraction of sp³-hybridized carbons (Fsp3) is 0.389. The number of anilines is 1. The first-order chi connectivity index (χ1) is 12.2. The third-order valence-electron chi connectivity index (χ3n) is 4.40. The summed E-state index contributed by atoms with van der Waals surface area (Å²) < 4.78 is 0. The van der Waals surface area contributed by atoms with Crippen LogP contribution in [-0.2, 0) is 6.54 Å². The molecule has 0 aliphatic carbocycles. The molecule has 1 aliphatic heterocycles. The molecule has 1 N–H and O–H groups in total. The number of nitrogens with zero attached hydrogens (tertiary/aromatic N) is 4. The van der Waals surface area contributed by atoms with Gasteiger partial charge in [-0.05, 0) is 18.2 Å². The van der Waals surface area contributed by atoms with E-state index >= 15 is 0 Å². The molecule has 1 amide bonds. The van der Waals surface area contributed by atoms with E-state index in [-0.39, 0.29) is 5.91 Å². The van der Waals surface area contributed by atoms with E-state index in [2.05, 4.69) is 27.1 Å². The first-order valence-corrected chi connectivity index (χ1v) is 8.86. The van der Waals surface area contributed by atoms with Crippen LogP contribution >= 0.6 is 11.6 Å². The molecule has 25 heavy (non-hydrogen) atoms. The van der Waals surface area contributed by atoms with Crippen molar-refractivity contribution in [1.82, 2.24) is 19.8 Å². The van der Waals surface area contributed by atoms with Crippen LogP contribution in [0.1, 0.15) is 22.8 Å². The maximum absolute atomic E-state index is 12.5. The van der Waals surface area contributed by atoms with Crippen LogP contribution in [0.25, 0.3) is 0 Å². The van der Waals surface area contributed by atoms with Crippen molar-refractivity contribution in [2.45, 2.75) is 13.5 Å². The van der Waals surface area contributed by atoms with Crippen LogP contribution in [-0.4, -0.2) is 58.4 Å². The molecule has 0 atom stereocenters. The Morgan fingerprint density at radius 2 is 1.84 bits per heavy atom. The smallest absolute Gasteiger partial charge is 0.257 e. The molecule has 6 nitrogen and oxygen atoms in total. The second-order valence-corrected chi connectivity index (χ2v) is 6.37. The minimum absolute atomic E-state index is 0.00610. The quantitative estimate of drug-likeness (QED) is 0.888. The second kappa shape index (κ2) is 8.27. The Hall–Kier alpha value is -2.18. The molecule has 1 aromatic carbocycles. The van der Waals surface area contributed by atoms with Gasteiger partial charge >= 0.3 is 0 Å². The third kappa shape index (κ3) is 4.46. The molecule has 0 bridgehead atoms. The summed E-state index contributed by atoms with van der Waals surface area (Å²) in [6.45, 7) is 7.03.